The monoisotopic (exact) mass is 418 g/mol. The van der Waals surface area contributed by atoms with E-state index >= 15 is 0 Å². The molecule has 1 aromatic carbocycles. The second-order valence-electron chi connectivity index (χ2n) is 7.16. The van der Waals surface area contributed by atoms with Gasteiger partial charge in [-0.3, -0.25) is 14.3 Å². The molecule has 0 spiro atoms. The molecule has 3 aromatic heterocycles. The zero-order chi connectivity index (χ0) is 22.0. The summed E-state index contributed by atoms with van der Waals surface area (Å²) in [6.07, 6.45) is 1.55. The van der Waals surface area contributed by atoms with E-state index < -0.39 is 5.97 Å². The van der Waals surface area contributed by atoms with Crippen molar-refractivity contribution in [3.63, 3.8) is 0 Å². The summed E-state index contributed by atoms with van der Waals surface area (Å²) in [6.45, 7) is 1.91. The van der Waals surface area contributed by atoms with Crippen molar-refractivity contribution in [2.45, 2.75) is 13.5 Å². The average molecular weight is 418 g/mol. The van der Waals surface area contributed by atoms with Gasteiger partial charge in [0.05, 0.1) is 30.0 Å². The van der Waals surface area contributed by atoms with Crippen LogP contribution in [0.25, 0.3) is 22.5 Å². The molecular weight excluding hydrogens is 396 g/mol. The number of ether oxygens (including phenoxy) is 1. The first-order valence-corrected chi connectivity index (χ1v) is 9.76. The molecule has 0 saturated carbocycles. The molecule has 0 saturated heterocycles. The highest BCUT2D eigenvalue weighted by Gasteiger charge is 2.25. The van der Waals surface area contributed by atoms with Crippen molar-refractivity contribution < 1.29 is 18.7 Å². The number of pyridine rings is 1. The second-order valence-corrected chi connectivity index (χ2v) is 7.16. The van der Waals surface area contributed by atoms with Crippen LogP contribution in [0.1, 0.15) is 21.6 Å². The number of furan rings is 1. The summed E-state index contributed by atoms with van der Waals surface area (Å²) in [6, 6.07) is 14.7. The Bertz CT molecular complexity index is 1230. The van der Waals surface area contributed by atoms with Crippen molar-refractivity contribution in [3.05, 3.63) is 71.6 Å². The molecule has 8 nitrogen and oxygen atoms in total. The van der Waals surface area contributed by atoms with Crippen molar-refractivity contribution >= 4 is 22.9 Å². The smallest absolute Gasteiger partial charge is 0.325 e. The molecule has 0 radical (unpaired) electrons. The molecular formula is C23H22N4O4. The summed E-state index contributed by atoms with van der Waals surface area (Å²) in [5.41, 5.74) is 3.06. The number of amides is 1. The Kier molecular flexibility index (Phi) is 5.53. The molecule has 0 unspecified atom stereocenters. The fourth-order valence-corrected chi connectivity index (χ4v) is 3.56. The highest BCUT2D eigenvalue weighted by molar-refractivity contribution is 6.08. The van der Waals surface area contributed by atoms with E-state index in [1.807, 2.05) is 37.3 Å². The highest BCUT2D eigenvalue weighted by Crippen LogP contribution is 2.28. The van der Waals surface area contributed by atoms with Crippen molar-refractivity contribution in [3.8, 4) is 11.5 Å². The minimum atomic E-state index is -0.497. The standard InChI is InChI=1S/C23H22N4O4/c1-15-21-17(12-18(19-10-7-11-31-19)24-22(21)26(2)25-15)23(29)27(14-20(28)30-3)13-16-8-5-4-6-9-16/h4-12H,13-14H2,1-3H3. The zero-order valence-electron chi connectivity index (χ0n) is 17.5. The van der Waals surface area contributed by atoms with Crippen LogP contribution >= 0.6 is 0 Å². The van der Waals surface area contributed by atoms with Gasteiger partial charge in [0.2, 0.25) is 0 Å². The van der Waals surface area contributed by atoms with Gasteiger partial charge < -0.3 is 14.1 Å². The summed E-state index contributed by atoms with van der Waals surface area (Å²) >= 11 is 0. The van der Waals surface area contributed by atoms with Crippen LogP contribution in [0.3, 0.4) is 0 Å². The van der Waals surface area contributed by atoms with Crippen molar-refractivity contribution in [2.24, 2.45) is 7.05 Å². The lowest BCUT2D eigenvalue weighted by molar-refractivity contribution is -0.141. The average Bonchev–Trinajstić information content (AvgIpc) is 3.41. The zero-order valence-corrected chi connectivity index (χ0v) is 17.5. The number of carbonyl (C=O) groups excluding carboxylic acids is 2. The van der Waals surface area contributed by atoms with Gasteiger partial charge in [0, 0.05) is 13.6 Å². The maximum Gasteiger partial charge on any atom is 0.325 e. The van der Waals surface area contributed by atoms with Crippen LogP contribution in [0.4, 0.5) is 0 Å². The van der Waals surface area contributed by atoms with Crippen LogP contribution in [0.15, 0.2) is 59.2 Å². The van der Waals surface area contributed by atoms with Gasteiger partial charge in [-0.1, -0.05) is 30.3 Å². The number of aromatic nitrogens is 3. The van der Waals surface area contributed by atoms with Gasteiger partial charge in [-0.2, -0.15) is 5.10 Å². The number of methoxy groups -OCH3 is 1. The summed E-state index contributed by atoms with van der Waals surface area (Å²) in [5.74, 6) is -0.272. The highest BCUT2D eigenvalue weighted by atomic mass is 16.5. The summed E-state index contributed by atoms with van der Waals surface area (Å²) in [4.78, 5) is 31.9. The van der Waals surface area contributed by atoms with Gasteiger partial charge in [-0.05, 0) is 30.7 Å². The third-order valence-corrected chi connectivity index (χ3v) is 5.02. The number of hydrogen-bond donors (Lipinski definition) is 0. The third kappa shape index (κ3) is 4.05. The second kappa shape index (κ2) is 8.43. The van der Waals surface area contributed by atoms with E-state index in [1.54, 1.807) is 36.2 Å². The molecule has 4 rings (SSSR count). The fraction of sp³-hybridized carbons (Fsp3) is 0.217. The summed E-state index contributed by atoms with van der Waals surface area (Å²) in [7, 11) is 3.08. The normalized spacial score (nSPS) is 10.9. The molecule has 0 atom stereocenters. The van der Waals surface area contributed by atoms with Crippen LogP contribution in [-0.4, -0.2) is 45.2 Å². The maximum absolute atomic E-state index is 13.7. The molecule has 0 aliphatic heterocycles. The Balaban J connectivity index is 1.83. The first-order valence-electron chi connectivity index (χ1n) is 9.76. The lowest BCUT2D eigenvalue weighted by atomic mass is 10.1. The minimum absolute atomic E-state index is 0.177. The number of nitrogens with zero attached hydrogens (tertiary/aromatic N) is 4. The number of hydrogen-bond acceptors (Lipinski definition) is 6. The predicted molar refractivity (Wildman–Crippen MR) is 114 cm³/mol. The van der Waals surface area contributed by atoms with Gasteiger partial charge in [-0.25, -0.2) is 4.98 Å². The molecule has 3 heterocycles. The molecule has 158 valence electrons. The van der Waals surface area contributed by atoms with Crippen LogP contribution in [0.5, 0.6) is 0 Å². The first kappa shape index (κ1) is 20.3. The van der Waals surface area contributed by atoms with E-state index in [1.165, 1.54) is 12.0 Å². The van der Waals surface area contributed by atoms with Gasteiger partial charge in [0.1, 0.15) is 12.2 Å². The molecule has 4 aromatic rings. The Hall–Kier alpha value is -3.94. The SMILES string of the molecule is COC(=O)CN(Cc1ccccc1)C(=O)c1cc(-c2ccco2)nc2c1c(C)nn2C. The number of fused-ring (bicyclic) bond motifs is 1. The van der Waals surface area contributed by atoms with Crippen molar-refractivity contribution in [1.29, 1.82) is 0 Å². The van der Waals surface area contributed by atoms with Crippen LogP contribution in [0.2, 0.25) is 0 Å². The Morgan fingerprint density at radius 1 is 1.16 bits per heavy atom. The van der Waals surface area contributed by atoms with Gasteiger partial charge in [0.25, 0.3) is 5.91 Å². The van der Waals surface area contributed by atoms with E-state index in [9.17, 15) is 9.59 Å². The first-order chi connectivity index (χ1) is 15.0. The molecule has 0 aliphatic carbocycles. The molecule has 0 N–H and O–H groups in total. The Morgan fingerprint density at radius 2 is 1.94 bits per heavy atom. The minimum Gasteiger partial charge on any atom is -0.468 e. The summed E-state index contributed by atoms with van der Waals surface area (Å²) in [5, 5.41) is 5.08. The predicted octanol–water partition coefficient (Wildman–Crippen LogP) is 3.35. The quantitative estimate of drug-likeness (QED) is 0.446. The van der Waals surface area contributed by atoms with E-state index in [2.05, 4.69) is 10.1 Å². The van der Waals surface area contributed by atoms with E-state index in [4.69, 9.17) is 9.15 Å². The van der Waals surface area contributed by atoms with Gasteiger partial charge in [-0.15, -0.1) is 0 Å². The van der Waals surface area contributed by atoms with Crippen molar-refractivity contribution in [2.75, 3.05) is 13.7 Å². The molecule has 0 fully saturated rings. The van der Waals surface area contributed by atoms with Crippen LogP contribution in [-0.2, 0) is 23.1 Å². The van der Waals surface area contributed by atoms with E-state index in [0.29, 0.717) is 33.7 Å². The molecule has 1 amide bonds. The topological polar surface area (TPSA) is 90.5 Å². The Labute approximate surface area is 179 Å². The molecule has 0 bridgehead atoms. The van der Waals surface area contributed by atoms with E-state index in [0.717, 1.165) is 5.56 Å². The lowest BCUT2D eigenvalue weighted by Gasteiger charge is -2.22. The number of esters is 1. The molecule has 0 aliphatic rings. The number of aryl methyl sites for hydroxylation is 2. The maximum atomic E-state index is 13.7. The number of rotatable bonds is 6. The number of carbonyl (C=O) groups is 2. The number of benzene rings is 1. The van der Waals surface area contributed by atoms with Gasteiger partial charge in [0.15, 0.2) is 11.4 Å². The lowest BCUT2D eigenvalue weighted by Crippen LogP contribution is -2.36. The van der Waals surface area contributed by atoms with Crippen LogP contribution < -0.4 is 0 Å². The molecule has 31 heavy (non-hydrogen) atoms. The van der Waals surface area contributed by atoms with Crippen LogP contribution in [0, 0.1) is 6.92 Å². The largest absolute Gasteiger partial charge is 0.468 e. The Morgan fingerprint density at radius 3 is 2.61 bits per heavy atom. The third-order valence-electron chi connectivity index (χ3n) is 5.02. The summed E-state index contributed by atoms with van der Waals surface area (Å²) < 4.78 is 12.0. The fourth-order valence-electron chi connectivity index (χ4n) is 3.56. The van der Waals surface area contributed by atoms with Gasteiger partial charge >= 0.3 is 5.97 Å². The molecule has 8 heteroatoms. The van der Waals surface area contributed by atoms with Crippen molar-refractivity contribution in [1.82, 2.24) is 19.7 Å². The van der Waals surface area contributed by atoms with E-state index in [-0.39, 0.29) is 19.0 Å².